The number of ether oxygens (including phenoxy) is 4. The molecule has 0 unspecified atom stereocenters. The first-order valence-corrected chi connectivity index (χ1v) is 12.5. The van der Waals surface area contributed by atoms with E-state index in [1.807, 2.05) is 0 Å². The second-order valence-corrected chi connectivity index (χ2v) is 10.2. The minimum Gasteiger partial charge on any atom is -0.484 e. The molecule has 0 radical (unpaired) electrons. The second kappa shape index (κ2) is 10.2. The topological polar surface area (TPSA) is 115 Å². The Labute approximate surface area is 228 Å². The van der Waals surface area contributed by atoms with Crippen LogP contribution in [0.1, 0.15) is 37.7 Å². The number of rotatable bonds is 8. The number of benzene rings is 2. The van der Waals surface area contributed by atoms with E-state index in [1.54, 1.807) is 0 Å². The van der Waals surface area contributed by atoms with Crippen LogP contribution in [0, 0.1) is 5.82 Å². The van der Waals surface area contributed by atoms with Gasteiger partial charge in [-0.2, -0.15) is 13.2 Å². The Kier molecular flexibility index (Phi) is 7.12. The minimum atomic E-state index is -4.86. The van der Waals surface area contributed by atoms with Gasteiger partial charge in [0.15, 0.2) is 24.7 Å². The molecule has 222 valence electrons. The maximum atomic E-state index is 13.7. The lowest BCUT2D eigenvalue weighted by Gasteiger charge is -2.56. The summed E-state index contributed by atoms with van der Waals surface area (Å²) in [5, 5.41) is 16.5. The van der Waals surface area contributed by atoms with Gasteiger partial charge in [-0.3, -0.25) is 9.59 Å². The molecular weight excluding hydrogens is 566 g/mol. The van der Waals surface area contributed by atoms with Crippen molar-refractivity contribution in [2.24, 2.45) is 0 Å². The first kappa shape index (κ1) is 28.6. The summed E-state index contributed by atoms with van der Waals surface area (Å²) in [4.78, 5) is 25.2. The van der Waals surface area contributed by atoms with Crippen molar-refractivity contribution in [2.45, 2.75) is 61.8 Å². The Morgan fingerprint density at radius 2 is 1.49 bits per heavy atom. The Morgan fingerprint density at radius 3 is 2.10 bits per heavy atom. The minimum absolute atomic E-state index is 0.0912. The smallest absolute Gasteiger partial charge is 0.484 e. The van der Waals surface area contributed by atoms with Crippen molar-refractivity contribution in [2.75, 3.05) is 13.2 Å². The van der Waals surface area contributed by atoms with E-state index in [0.717, 1.165) is 12.1 Å². The fourth-order valence-corrected chi connectivity index (χ4v) is 5.44. The molecule has 9 nitrogen and oxygen atoms in total. The van der Waals surface area contributed by atoms with Gasteiger partial charge in [0.25, 0.3) is 11.8 Å². The molecule has 0 spiro atoms. The van der Waals surface area contributed by atoms with Crippen molar-refractivity contribution in [3.05, 3.63) is 47.8 Å². The molecular formula is C26H24F6N2O7. The molecule has 3 N–H and O–H groups in total. The zero-order valence-electron chi connectivity index (χ0n) is 21.2. The normalized spacial score (nSPS) is 25.9. The number of hydrogen-bond donors (Lipinski definition) is 3. The van der Waals surface area contributed by atoms with E-state index < -0.39 is 66.1 Å². The summed E-state index contributed by atoms with van der Waals surface area (Å²) in [6.07, 6.45) is -8.10. The van der Waals surface area contributed by atoms with Gasteiger partial charge in [0.2, 0.25) is 0 Å². The Balaban J connectivity index is 1.10. The van der Waals surface area contributed by atoms with Crippen LogP contribution in [0.5, 0.6) is 23.0 Å². The van der Waals surface area contributed by atoms with Crippen LogP contribution < -0.4 is 29.6 Å². The van der Waals surface area contributed by atoms with Gasteiger partial charge in [0.05, 0.1) is 17.2 Å². The highest BCUT2D eigenvalue weighted by atomic mass is 19.4. The van der Waals surface area contributed by atoms with Gasteiger partial charge >= 0.3 is 12.5 Å². The van der Waals surface area contributed by atoms with Crippen LogP contribution in [0.15, 0.2) is 36.4 Å². The average molecular weight is 590 g/mol. The molecule has 0 aromatic heterocycles. The quantitative estimate of drug-likeness (QED) is 0.402. The van der Waals surface area contributed by atoms with Gasteiger partial charge in [-0.15, -0.1) is 8.78 Å². The number of halogens is 6. The third kappa shape index (κ3) is 6.09. The van der Waals surface area contributed by atoms with Crippen molar-refractivity contribution < 1.29 is 60.0 Å². The van der Waals surface area contributed by atoms with E-state index in [2.05, 4.69) is 20.1 Å². The number of amides is 2. The SMILES string of the molecule is O=C(COc1ccc(C(F)(F)F)c(F)c1)NC12CCC(NC(=O)COc3ccc4c(c3)OC(F)(F)O4)(CC1)[C@@H](O)C2. The monoisotopic (exact) mass is 590 g/mol. The summed E-state index contributed by atoms with van der Waals surface area (Å²) in [5.41, 5.74) is -3.20. The average Bonchev–Trinajstić information content (AvgIpc) is 3.19. The molecule has 6 rings (SSSR count). The lowest BCUT2D eigenvalue weighted by Crippen LogP contribution is -2.70. The first-order valence-electron chi connectivity index (χ1n) is 12.5. The van der Waals surface area contributed by atoms with Gasteiger partial charge in [-0.05, 0) is 56.4 Å². The molecule has 1 aliphatic heterocycles. The van der Waals surface area contributed by atoms with E-state index in [4.69, 9.17) is 9.47 Å². The fraction of sp³-hybridized carbons (Fsp3) is 0.462. The highest BCUT2D eigenvalue weighted by Crippen LogP contribution is 2.47. The zero-order valence-corrected chi connectivity index (χ0v) is 21.2. The molecule has 4 aliphatic rings. The van der Waals surface area contributed by atoms with E-state index >= 15 is 0 Å². The highest BCUT2D eigenvalue weighted by Gasteiger charge is 2.55. The molecule has 2 aromatic rings. The Hall–Kier alpha value is -3.88. The highest BCUT2D eigenvalue weighted by molar-refractivity contribution is 5.79. The lowest BCUT2D eigenvalue weighted by molar-refractivity contribution is -0.286. The van der Waals surface area contributed by atoms with Crippen LogP contribution in [-0.4, -0.2) is 53.6 Å². The molecule has 41 heavy (non-hydrogen) atoms. The number of alkyl halides is 5. The number of hydrogen-bond acceptors (Lipinski definition) is 7. The second-order valence-electron chi connectivity index (χ2n) is 10.2. The molecule has 15 heteroatoms. The van der Waals surface area contributed by atoms with Crippen molar-refractivity contribution in [1.29, 1.82) is 0 Å². The van der Waals surface area contributed by atoms with Crippen LogP contribution in [0.25, 0.3) is 0 Å². The van der Waals surface area contributed by atoms with Gasteiger partial charge < -0.3 is 34.7 Å². The van der Waals surface area contributed by atoms with Crippen LogP contribution >= 0.6 is 0 Å². The summed E-state index contributed by atoms with van der Waals surface area (Å²) in [7, 11) is 0. The van der Waals surface area contributed by atoms with Crippen molar-refractivity contribution in [3.63, 3.8) is 0 Å². The summed E-state index contributed by atoms with van der Waals surface area (Å²) in [6.45, 7) is -1.05. The van der Waals surface area contributed by atoms with Gasteiger partial charge in [0, 0.05) is 17.7 Å². The molecule has 1 atom stereocenters. The van der Waals surface area contributed by atoms with Gasteiger partial charge in [-0.1, -0.05) is 0 Å². The van der Waals surface area contributed by atoms with Crippen molar-refractivity contribution in [3.8, 4) is 23.0 Å². The number of nitrogens with one attached hydrogen (secondary N) is 2. The zero-order chi connectivity index (χ0) is 29.6. The Morgan fingerprint density at radius 1 is 0.902 bits per heavy atom. The largest absolute Gasteiger partial charge is 0.586 e. The first-order chi connectivity index (χ1) is 19.2. The third-order valence-electron chi connectivity index (χ3n) is 7.47. The third-order valence-corrected chi connectivity index (χ3v) is 7.47. The number of aliphatic hydroxyl groups is 1. The number of fused-ring (bicyclic) bond motifs is 4. The summed E-state index contributed by atoms with van der Waals surface area (Å²) >= 11 is 0. The molecule has 3 aliphatic carbocycles. The Bertz CT molecular complexity index is 1340. The van der Waals surface area contributed by atoms with E-state index in [-0.39, 0.29) is 29.4 Å². The standard InChI is InChI=1S/C26H24F6N2O7/c27-17-9-14(1-3-16(17)25(28,29)30)38-12-21(36)33-23-5-7-24(8-6-23,20(35)11-23)34-22(37)13-39-15-2-4-18-19(10-15)41-26(31,32)40-18/h1-4,9-10,20,35H,5-8,11-13H2,(H,33,36)(H,34,37)/t20-,23?,24?/m0/s1. The molecule has 1 heterocycles. The van der Waals surface area contributed by atoms with Crippen LogP contribution in [0.4, 0.5) is 26.3 Å². The predicted octanol–water partition coefficient (Wildman–Crippen LogP) is 3.67. The molecule has 3 fully saturated rings. The van der Waals surface area contributed by atoms with Crippen molar-refractivity contribution in [1.82, 2.24) is 10.6 Å². The summed E-state index contributed by atoms with van der Waals surface area (Å²) in [5.74, 6) is -3.26. The summed E-state index contributed by atoms with van der Waals surface area (Å²) in [6, 6.07) is 5.69. The van der Waals surface area contributed by atoms with E-state index in [1.165, 1.54) is 12.1 Å². The van der Waals surface area contributed by atoms with E-state index in [0.29, 0.717) is 37.8 Å². The van der Waals surface area contributed by atoms with Crippen LogP contribution in [0.3, 0.4) is 0 Å². The molecule has 2 bridgehead atoms. The predicted molar refractivity (Wildman–Crippen MR) is 126 cm³/mol. The van der Waals surface area contributed by atoms with Crippen LogP contribution in [-0.2, 0) is 15.8 Å². The maximum absolute atomic E-state index is 13.7. The number of carbonyl (C=O) groups is 2. The summed E-state index contributed by atoms with van der Waals surface area (Å²) < 4.78 is 97.4. The van der Waals surface area contributed by atoms with Crippen LogP contribution in [0.2, 0.25) is 0 Å². The van der Waals surface area contributed by atoms with Gasteiger partial charge in [0.1, 0.15) is 17.3 Å². The lowest BCUT2D eigenvalue weighted by atomic mass is 9.60. The van der Waals surface area contributed by atoms with Crippen molar-refractivity contribution >= 4 is 11.8 Å². The van der Waals surface area contributed by atoms with E-state index in [9.17, 15) is 41.0 Å². The molecule has 3 saturated carbocycles. The van der Waals surface area contributed by atoms with Gasteiger partial charge in [-0.25, -0.2) is 4.39 Å². The molecule has 0 saturated heterocycles. The number of aliphatic hydroxyl groups excluding tert-OH is 1. The maximum Gasteiger partial charge on any atom is 0.586 e. The number of carbonyl (C=O) groups excluding carboxylic acids is 2. The molecule has 2 amide bonds. The molecule has 2 aromatic carbocycles. The fourth-order valence-electron chi connectivity index (χ4n) is 5.44.